The van der Waals surface area contributed by atoms with Crippen LogP contribution in [0.4, 0.5) is 0 Å². The number of nitrogens with zero attached hydrogens (tertiary/aromatic N) is 1. The lowest BCUT2D eigenvalue weighted by Crippen LogP contribution is -2.41. The highest BCUT2D eigenvalue weighted by molar-refractivity contribution is 6.09. The first-order valence-corrected chi connectivity index (χ1v) is 6.84. The highest BCUT2D eigenvalue weighted by atomic mass is 16.3. The molecule has 0 aliphatic carbocycles. The van der Waals surface area contributed by atoms with Gasteiger partial charge in [0.15, 0.2) is 0 Å². The van der Waals surface area contributed by atoms with E-state index in [1.807, 2.05) is 31.3 Å². The van der Waals surface area contributed by atoms with Crippen molar-refractivity contribution in [3.05, 3.63) is 59.0 Å². The Morgan fingerprint density at radius 2 is 1.90 bits per heavy atom. The number of hydrogen-bond donors (Lipinski definition) is 1. The minimum absolute atomic E-state index is 0.176. The first kappa shape index (κ1) is 13.6. The average Bonchev–Trinajstić information content (AvgIpc) is 2.91. The third kappa shape index (κ3) is 2.60. The predicted octanol–water partition coefficient (Wildman–Crippen LogP) is 1.72. The molecule has 5 heteroatoms. The van der Waals surface area contributed by atoms with Crippen LogP contribution in [0.3, 0.4) is 0 Å². The van der Waals surface area contributed by atoms with Gasteiger partial charge in [0.2, 0.25) is 5.91 Å². The number of rotatable bonds is 4. The molecule has 0 atom stereocenters. The van der Waals surface area contributed by atoms with Gasteiger partial charge in [0.1, 0.15) is 11.5 Å². The smallest absolute Gasteiger partial charge is 0.261 e. The number of fused-ring (bicyclic) bond motifs is 1. The van der Waals surface area contributed by atoms with E-state index in [2.05, 4.69) is 5.32 Å². The lowest BCUT2D eigenvalue weighted by atomic mass is 9.98. The first-order chi connectivity index (χ1) is 10.2. The molecule has 21 heavy (non-hydrogen) atoms. The largest absolute Gasteiger partial charge is 0.463 e. The molecule has 0 saturated heterocycles. The number of hydrogen-bond acceptors (Lipinski definition) is 4. The fourth-order valence-electron chi connectivity index (χ4n) is 2.49. The van der Waals surface area contributed by atoms with Crippen LogP contribution in [0.2, 0.25) is 0 Å². The minimum atomic E-state index is -0.256. The zero-order valence-electron chi connectivity index (χ0n) is 11.8. The van der Waals surface area contributed by atoms with Gasteiger partial charge in [-0.05, 0) is 30.8 Å². The average molecular weight is 284 g/mol. The van der Waals surface area contributed by atoms with Crippen LogP contribution in [0.1, 0.15) is 27.4 Å². The monoisotopic (exact) mass is 284 g/mol. The summed E-state index contributed by atoms with van der Waals surface area (Å²) in [5, 5.41) is 2.99. The molecule has 0 bridgehead atoms. The fourth-order valence-corrected chi connectivity index (χ4v) is 2.49. The Hall–Kier alpha value is -2.40. The predicted molar refractivity (Wildman–Crippen MR) is 76.5 cm³/mol. The summed E-state index contributed by atoms with van der Waals surface area (Å²) in [7, 11) is 1.83. The van der Waals surface area contributed by atoms with Gasteiger partial charge in [0, 0.05) is 5.56 Å². The van der Waals surface area contributed by atoms with Crippen LogP contribution >= 0.6 is 0 Å². The van der Waals surface area contributed by atoms with Gasteiger partial charge < -0.3 is 9.73 Å². The lowest BCUT2D eigenvalue weighted by molar-refractivity contribution is -0.129. The van der Waals surface area contributed by atoms with Gasteiger partial charge in [0.05, 0.1) is 19.5 Å². The molecule has 1 aromatic heterocycles. The molecule has 5 nitrogen and oxygen atoms in total. The lowest BCUT2D eigenvalue weighted by Gasteiger charge is -2.25. The van der Waals surface area contributed by atoms with Crippen molar-refractivity contribution in [1.29, 1.82) is 0 Å². The van der Waals surface area contributed by atoms with Crippen molar-refractivity contribution in [1.82, 2.24) is 10.2 Å². The van der Waals surface area contributed by atoms with E-state index in [-0.39, 0.29) is 24.8 Å². The van der Waals surface area contributed by atoms with E-state index in [1.165, 1.54) is 4.90 Å². The molecule has 108 valence electrons. The number of carbonyl (C=O) groups excluding carboxylic acids is 2. The minimum Gasteiger partial charge on any atom is -0.463 e. The number of furan rings is 1. The highest BCUT2D eigenvalue weighted by Crippen LogP contribution is 2.22. The van der Waals surface area contributed by atoms with E-state index in [1.54, 1.807) is 12.1 Å². The molecule has 0 saturated carbocycles. The van der Waals surface area contributed by atoms with Crippen molar-refractivity contribution in [2.24, 2.45) is 0 Å². The van der Waals surface area contributed by atoms with Crippen LogP contribution in [0, 0.1) is 0 Å². The highest BCUT2D eigenvalue weighted by Gasteiger charge is 2.31. The van der Waals surface area contributed by atoms with Gasteiger partial charge in [-0.2, -0.15) is 0 Å². The van der Waals surface area contributed by atoms with Crippen LogP contribution in [-0.4, -0.2) is 23.8 Å². The Morgan fingerprint density at radius 3 is 2.71 bits per heavy atom. The van der Waals surface area contributed by atoms with Crippen LogP contribution in [-0.2, 0) is 24.3 Å². The number of nitrogens with one attached hydrogen (secondary N) is 1. The normalized spacial score (nSPS) is 14.4. The molecule has 2 heterocycles. The molecule has 0 unspecified atom stereocenters. The van der Waals surface area contributed by atoms with Crippen molar-refractivity contribution in [2.45, 2.75) is 19.5 Å². The summed E-state index contributed by atoms with van der Waals surface area (Å²) in [5.41, 5.74) is 1.39. The van der Waals surface area contributed by atoms with Gasteiger partial charge in [-0.15, -0.1) is 0 Å². The number of imide groups is 1. The number of carbonyl (C=O) groups is 2. The van der Waals surface area contributed by atoms with Crippen LogP contribution in [0.15, 0.2) is 40.8 Å². The Bertz CT molecular complexity index is 690. The van der Waals surface area contributed by atoms with Crippen molar-refractivity contribution in [2.75, 3.05) is 7.05 Å². The summed E-state index contributed by atoms with van der Waals surface area (Å²) in [6.45, 7) is 0.792. The molecule has 1 aromatic carbocycles. The van der Waals surface area contributed by atoms with E-state index in [0.717, 1.165) is 11.3 Å². The van der Waals surface area contributed by atoms with E-state index in [0.29, 0.717) is 17.9 Å². The van der Waals surface area contributed by atoms with E-state index in [9.17, 15) is 9.59 Å². The maximum Gasteiger partial charge on any atom is 0.261 e. The zero-order valence-corrected chi connectivity index (χ0v) is 11.8. The molecule has 1 aliphatic rings. The molecule has 2 amide bonds. The fraction of sp³-hybridized carbons (Fsp3) is 0.250. The Balaban J connectivity index is 1.82. The van der Waals surface area contributed by atoms with Gasteiger partial charge >= 0.3 is 0 Å². The molecule has 0 fully saturated rings. The summed E-state index contributed by atoms with van der Waals surface area (Å²) in [5.74, 6) is 0.949. The maximum atomic E-state index is 12.4. The Morgan fingerprint density at radius 1 is 1.14 bits per heavy atom. The summed E-state index contributed by atoms with van der Waals surface area (Å²) in [4.78, 5) is 25.8. The number of amides is 2. The van der Waals surface area contributed by atoms with Crippen molar-refractivity contribution in [3.8, 4) is 0 Å². The molecule has 3 rings (SSSR count). The molecule has 1 N–H and O–H groups in total. The van der Waals surface area contributed by atoms with E-state index < -0.39 is 0 Å². The Kier molecular flexibility index (Phi) is 3.58. The molecule has 0 spiro atoms. The standard InChI is InChI=1S/C16H16N2O3/c1-17-9-12-6-7-13(21-12)10-18-15(19)8-11-4-2-3-5-14(11)16(18)20/h2-7,17H,8-10H2,1H3. The van der Waals surface area contributed by atoms with Gasteiger partial charge in [-0.1, -0.05) is 18.2 Å². The van der Waals surface area contributed by atoms with E-state index in [4.69, 9.17) is 4.42 Å². The van der Waals surface area contributed by atoms with Gasteiger partial charge in [-0.25, -0.2) is 0 Å². The maximum absolute atomic E-state index is 12.4. The Labute approximate surface area is 122 Å². The quantitative estimate of drug-likeness (QED) is 0.868. The first-order valence-electron chi connectivity index (χ1n) is 6.84. The zero-order chi connectivity index (χ0) is 14.8. The molecular formula is C16H16N2O3. The molecular weight excluding hydrogens is 268 g/mol. The summed E-state index contributed by atoms with van der Waals surface area (Å²) >= 11 is 0. The van der Waals surface area contributed by atoms with Crippen molar-refractivity contribution < 1.29 is 14.0 Å². The third-order valence-electron chi connectivity index (χ3n) is 3.52. The second-order valence-corrected chi connectivity index (χ2v) is 5.02. The number of benzene rings is 1. The molecule has 2 aromatic rings. The van der Waals surface area contributed by atoms with Crippen LogP contribution < -0.4 is 5.32 Å². The van der Waals surface area contributed by atoms with Crippen LogP contribution in [0.25, 0.3) is 0 Å². The molecule has 0 radical (unpaired) electrons. The SMILES string of the molecule is CNCc1ccc(CN2C(=O)Cc3ccccc3C2=O)o1. The van der Waals surface area contributed by atoms with Gasteiger partial charge in [-0.3, -0.25) is 14.5 Å². The third-order valence-corrected chi connectivity index (χ3v) is 3.52. The second-order valence-electron chi connectivity index (χ2n) is 5.02. The summed E-state index contributed by atoms with van der Waals surface area (Å²) in [6, 6.07) is 10.9. The van der Waals surface area contributed by atoms with Crippen molar-refractivity contribution in [3.63, 3.8) is 0 Å². The summed E-state index contributed by atoms with van der Waals surface area (Å²) < 4.78 is 5.60. The summed E-state index contributed by atoms with van der Waals surface area (Å²) in [6.07, 6.45) is 0.256. The second kappa shape index (κ2) is 5.54. The van der Waals surface area contributed by atoms with Crippen LogP contribution in [0.5, 0.6) is 0 Å². The van der Waals surface area contributed by atoms with Gasteiger partial charge in [0.25, 0.3) is 5.91 Å². The van der Waals surface area contributed by atoms with E-state index >= 15 is 0 Å². The van der Waals surface area contributed by atoms with Crippen molar-refractivity contribution >= 4 is 11.8 Å². The topological polar surface area (TPSA) is 62.6 Å². The molecule has 1 aliphatic heterocycles.